The first-order valence-corrected chi connectivity index (χ1v) is 4.78. The first-order chi connectivity index (χ1) is 7.16. The van der Waals surface area contributed by atoms with E-state index in [9.17, 15) is 4.79 Å². The Labute approximate surface area is 86.9 Å². The zero-order valence-corrected chi connectivity index (χ0v) is 8.61. The van der Waals surface area contributed by atoms with Crippen LogP contribution in [0, 0.1) is 5.92 Å². The van der Waals surface area contributed by atoms with Gasteiger partial charge >= 0.3 is 0 Å². The minimum Gasteiger partial charge on any atom is -0.310 e. The molecule has 2 aromatic rings. The van der Waals surface area contributed by atoms with Crippen LogP contribution in [-0.4, -0.2) is 21.1 Å². The van der Waals surface area contributed by atoms with Gasteiger partial charge in [0.05, 0.1) is 11.7 Å². The molecule has 5 heteroatoms. The van der Waals surface area contributed by atoms with Gasteiger partial charge in [-0.2, -0.15) is 5.10 Å². The maximum Gasteiger partial charge on any atom is 0.228 e. The molecule has 0 saturated carbocycles. The third kappa shape index (κ3) is 1.96. The van der Waals surface area contributed by atoms with Crippen molar-refractivity contribution in [3.63, 3.8) is 0 Å². The Morgan fingerprint density at radius 1 is 1.47 bits per heavy atom. The summed E-state index contributed by atoms with van der Waals surface area (Å²) < 4.78 is 0. The predicted octanol–water partition coefficient (Wildman–Crippen LogP) is 1.55. The zero-order chi connectivity index (χ0) is 10.8. The molecular formula is C10H12N4O. The highest BCUT2D eigenvalue weighted by molar-refractivity contribution is 5.92. The maximum atomic E-state index is 11.4. The van der Waals surface area contributed by atoms with Crippen LogP contribution in [0.25, 0.3) is 11.0 Å². The number of aromatic nitrogens is 3. The highest BCUT2D eigenvalue weighted by Gasteiger charge is 2.08. The van der Waals surface area contributed by atoms with Crippen molar-refractivity contribution in [3.8, 4) is 0 Å². The fourth-order valence-electron chi connectivity index (χ4n) is 1.17. The second kappa shape index (κ2) is 3.68. The summed E-state index contributed by atoms with van der Waals surface area (Å²) in [6.07, 6.45) is 1.63. The van der Waals surface area contributed by atoms with Gasteiger partial charge in [-0.3, -0.25) is 9.89 Å². The number of hydrogen-bond donors (Lipinski definition) is 2. The van der Waals surface area contributed by atoms with Crippen molar-refractivity contribution in [2.24, 2.45) is 5.92 Å². The number of nitrogens with one attached hydrogen (secondary N) is 2. The van der Waals surface area contributed by atoms with Crippen molar-refractivity contribution >= 4 is 22.8 Å². The third-order valence-corrected chi connectivity index (χ3v) is 2.07. The highest BCUT2D eigenvalue weighted by Crippen LogP contribution is 2.12. The van der Waals surface area contributed by atoms with E-state index in [0.29, 0.717) is 5.82 Å². The summed E-state index contributed by atoms with van der Waals surface area (Å²) in [5.41, 5.74) is 1.61. The van der Waals surface area contributed by atoms with Gasteiger partial charge in [0, 0.05) is 5.92 Å². The van der Waals surface area contributed by atoms with Crippen LogP contribution in [0.2, 0.25) is 0 Å². The molecular weight excluding hydrogens is 192 g/mol. The Morgan fingerprint density at radius 3 is 3.00 bits per heavy atom. The summed E-state index contributed by atoms with van der Waals surface area (Å²) in [5, 5.41) is 9.39. The summed E-state index contributed by atoms with van der Waals surface area (Å²) in [4.78, 5) is 15.6. The Balaban J connectivity index is 2.25. The van der Waals surface area contributed by atoms with Crippen molar-refractivity contribution in [2.75, 3.05) is 5.32 Å². The highest BCUT2D eigenvalue weighted by atomic mass is 16.1. The Hall–Kier alpha value is -1.91. The molecule has 0 unspecified atom stereocenters. The van der Waals surface area contributed by atoms with E-state index in [-0.39, 0.29) is 11.8 Å². The van der Waals surface area contributed by atoms with Gasteiger partial charge < -0.3 is 5.32 Å². The monoisotopic (exact) mass is 204 g/mol. The normalized spacial score (nSPS) is 10.9. The molecule has 0 spiro atoms. The summed E-state index contributed by atoms with van der Waals surface area (Å²) in [7, 11) is 0. The molecule has 0 aliphatic rings. The average Bonchev–Trinajstić information content (AvgIpc) is 2.64. The van der Waals surface area contributed by atoms with Gasteiger partial charge in [-0.05, 0) is 12.1 Å². The molecule has 2 heterocycles. The zero-order valence-electron chi connectivity index (χ0n) is 8.61. The van der Waals surface area contributed by atoms with Crippen molar-refractivity contribution in [1.82, 2.24) is 15.2 Å². The maximum absolute atomic E-state index is 11.4. The quantitative estimate of drug-likeness (QED) is 0.779. The van der Waals surface area contributed by atoms with E-state index < -0.39 is 0 Å². The molecule has 1 amide bonds. The van der Waals surface area contributed by atoms with E-state index in [0.717, 1.165) is 11.0 Å². The van der Waals surface area contributed by atoms with Crippen molar-refractivity contribution in [2.45, 2.75) is 13.8 Å². The fraction of sp³-hybridized carbons (Fsp3) is 0.300. The number of anilines is 1. The Bertz CT molecular complexity index is 489. The van der Waals surface area contributed by atoms with Gasteiger partial charge in [-0.1, -0.05) is 13.8 Å². The van der Waals surface area contributed by atoms with Crippen molar-refractivity contribution in [1.29, 1.82) is 0 Å². The molecule has 0 aliphatic carbocycles. The Morgan fingerprint density at radius 2 is 2.27 bits per heavy atom. The van der Waals surface area contributed by atoms with E-state index in [2.05, 4.69) is 20.5 Å². The predicted molar refractivity (Wildman–Crippen MR) is 57.4 cm³/mol. The molecule has 5 nitrogen and oxygen atoms in total. The van der Waals surface area contributed by atoms with Gasteiger partial charge in [0.15, 0.2) is 0 Å². The van der Waals surface area contributed by atoms with Crippen LogP contribution in [0.15, 0.2) is 18.3 Å². The summed E-state index contributed by atoms with van der Waals surface area (Å²) in [5.74, 6) is 0.472. The number of rotatable bonds is 2. The molecule has 78 valence electrons. The van der Waals surface area contributed by atoms with Crippen LogP contribution in [0.1, 0.15) is 13.8 Å². The number of nitrogens with zero attached hydrogens (tertiary/aromatic N) is 2. The van der Waals surface area contributed by atoms with Gasteiger partial charge in [-0.25, -0.2) is 4.98 Å². The van der Waals surface area contributed by atoms with Crippen molar-refractivity contribution < 1.29 is 4.79 Å². The third-order valence-electron chi connectivity index (χ3n) is 2.07. The number of carbonyl (C=O) groups excluding carboxylic acids is 1. The summed E-state index contributed by atoms with van der Waals surface area (Å²) in [6, 6.07) is 3.59. The molecule has 15 heavy (non-hydrogen) atoms. The SMILES string of the molecule is CC(C)C(=O)Nc1ccc2[nH]ncc2n1. The number of amides is 1. The van der Waals surface area contributed by atoms with Crippen LogP contribution in [-0.2, 0) is 4.79 Å². The first kappa shape index (κ1) is 9.64. The van der Waals surface area contributed by atoms with Crippen LogP contribution < -0.4 is 5.32 Å². The van der Waals surface area contributed by atoms with E-state index in [1.807, 2.05) is 19.9 Å². The second-order valence-electron chi connectivity index (χ2n) is 3.64. The van der Waals surface area contributed by atoms with E-state index in [1.54, 1.807) is 12.3 Å². The van der Waals surface area contributed by atoms with Gasteiger partial charge in [0.1, 0.15) is 11.3 Å². The molecule has 2 N–H and O–H groups in total. The van der Waals surface area contributed by atoms with E-state index in [1.165, 1.54) is 0 Å². The molecule has 0 atom stereocenters. The van der Waals surface area contributed by atoms with Gasteiger partial charge in [0.25, 0.3) is 0 Å². The lowest BCUT2D eigenvalue weighted by Gasteiger charge is -2.06. The molecule has 2 rings (SSSR count). The summed E-state index contributed by atoms with van der Waals surface area (Å²) >= 11 is 0. The molecule has 0 aliphatic heterocycles. The molecule has 0 bridgehead atoms. The van der Waals surface area contributed by atoms with Crippen LogP contribution in [0.3, 0.4) is 0 Å². The molecule has 0 aromatic carbocycles. The van der Waals surface area contributed by atoms with Crippen LogP contribution in [0.4, 0.5) is 5.82 Å². The molecule has 0 radical (unpaired) electrons. The molecule has 2 aromatic heterocycles. The van der Waals surface area contributed by atoms with Gasteiger partial charge in [0.2, 0.25) is 5.91 Å². The van der Waals surface area contributed by atoms with Gasteiger partial charge in [-0.15, -0.1) is 0 Å². The number of hydrogen-bond acceptors (Lipinski definition) is 3. The number of pyridine rings is 1. The lowest BCUT2D eigenvalue weighted by Crippen LogP contribution is -2.18. The number of H-pyrrole nitrogens is 1. The van der Waals surface area contributed by atoms with Crippen LogP contribution >= 0.6 is 0 Å². The number of fused-ring (bicyclic) bond motifs is 1. The number of carbonyl (C=O) groups is 1. The summed E-state index contributed by atoms with van der Waals surface area (Å²) in [6.45, 7) is 3.68. The van der Waals surface area contributed by atoms with Crippen LogP contribution in [0.5, 0.6) is 0 Å². The Kier molecular flexibility index (Phi) is 2.37. The lowest BCUT2D eigenvalue weighted by atomic mass is 10.2. The molecule has 0 fully saturated rings. The standard InChI is InChI=1S/C10H12N4O/c1-6(2)10(15)13-9-4-3-7-8(12-9)5-11-14-7/h3-6H,1-2H3,(H,11,14)(H,12,13,15). The minimum absolute atomic E-state index is 0.0367. The smallest absolute Gasteiger partial charge is 0.228 e. The first-order valence-electron chi connectivity index (χ1n) is 4.78. The number of aromatic amines is 1. The second-order valence-corrected chi connectivity index (χ2v) is 3.64. The van der Waals surface area contributed by atoms with Crippen molar-refractivity contribution in [3.05, 3.63) is 18.3 Å². The minimum atomic E-state index is -0.0492. The topological polar surface area (TPSA) is 70.7 Å². The largest absolute Gasteiger partial charge is 0.310 e. The fourth-order valence-corrected chi connectivity index (χ4v) is 1.17. The molecule has 0 saturated heterocycles. The lowest BCUT2D eigenvalue weighted by molar-refractivity contribution is -0.118. The van der Waals surface area contributed by atoms with E-state index >= 15 is 0 Å². The van der Waals surface area contributed by atoms with E-state index in [4.69, 9.17) is 0 Å². The average molecular weight is 204 g/mol.